The summed E-state index contributed by atoms with van der Waals surface area (Å²) in [6.45, 7) is 0.182. The van der Waals surface area contributed by atoms with Gasteiger partial charge in [0.05, 0.1) is 5.56 Å². The Balaban J connectivity index is 1.82. The number of urea groups is 1. The first-order valence-electron chi connectivity index (χ1n) is 8.68. The summed E-state index contributed by atoms with van der Waals surface area (Å²) < 4.78 is 39.1. The summed E-state index contributed by atoms with van der Waals surface area (Å²) in [6, 6.07) is 14.6. The van der Waals surface area contributed by atoms with Crippen LogP contribution in [-0.4, -0.2) is 15.9 Å². The summed E-state index contributed by atoms with van der Waals surface area (Å²) in [7, 11) is 0. The molecule has 3 aromatic rings. The van der Waals surface area contributed by atoms with Gasteiger partial charge in [0.15, 0.2) is 0 Å². The van der Waals surface area contributed by atoms with Crippen molar-refractivity contribution in [2.45, 2.75) is 19.3 Å². The van der Waals surface area contributed by atoms with Gasteiger partial charge in [-0.1, -0.05) is 29.8 Å². The second kappa shape index (κ2) is 8.96. The zero-order valence-corrected chi connectivity index (χ0v) is 15.9. The molecule has 2 amide bonds. The van der Waals surface area contributed by atoms with E-state index in [4.69, 9.17) is 11.6 Å². The van der Waals surface area contributed by atoms with Gasteiger partial charge in [-0.25, -0.2) is 4.79 Å². The van der Waals surface area contributed by atoms with Crippen molar-refractivity contribution < 1.29 is 18.0 Å². The third-order valence-electron chi connectivity index (χ3n) is 4.11. The van der Waals surface area contributed by atoms with E-state index in [-0.39, 0.29) is 13.1 Å². The molecule has 0 aliphatic rings. The minimum atomic E-state index is -4.45. The molecule has 0 saturated carbocycles. The number of rotatable bonds is 5. The molecular formula is C21H17ClF3N3O. The van der Waals surface area contributed by atoms with Crippen LogP contribution in [0.3, 0.4) is 0 Å². The third kappa shape index (κ3) is 5.96. The van der Waals surface area contributed by atoms with Gasteiger partial charge < -0.3 is 10.2 Å². The van der Waals surface area contributed by atoms with Crippen molar-refractivity contribution in [1.82, 2.24) is 9.88 Å². The molecule has 1 aromatic heterocycles. The number of benzene rings is 2. The number of aromatic nitrogens is 1. The van der Waals surface area contributed by atoms with Gasteiger partial charge in [-0.3, -0.25) is 4.98 Å². The highest BCUT2D eigenvalue weighted by Gasteiger charge is 2.30. The van der Waals surface area contributed by atoms with E-state index in [0.29, 0.717) is 16.3 Å². The fourth-order valence-electron chi connectivity index (χ4n) is 2.71. The van der Waals surface area contributed by atoms with Crippen LogP contribution in [0.25, 0.3) is 0 Å². The molecule has 8 heteroatoms. The summed E-state index contributed by atoms with van der Waals surface area (Å²) in [5.41, 5.74) is 0.898. The number of amides is 2. The third-order valence-corrected chi connectivity index (χ3v) is 4.36. The van der Waals surface area contributed by atoms with E-state index in [1.165, 1.54) is 11.0 Å². The molecule has 4 nitrogen and oxygen atoms in total. The molecule has 0 saturated heterocycles. The molecule has 0 aliphatic heterocycles. The maximum atomic E-state index is 13.0. The van der Waals surface area contributed by atoms with Crippen LogP contribution in [0.15, 0.2) is 73.1 Å². The Bertz CT molecular complexity index is 963. The Labute approximate surface area is 170 Å². The standard InChI is InChI=1S/C21H17ClF3N3O/c22-18-6-8-19(9-7-18)27-20(29)28(14-16-4-2-10-26-12-16)13-15-3-1-5-17(11-15)21(23,24)25/h1-12H,13-14H2,(H,27,29). The zero-order chi connectivity index (χ0) is 20.9. The Morgan fingerprint density at radius 1 is 1.00 bits per heavy atom. The van der Waals surface area contributed by atoms with Gasteiger partial charge in [-0.15, -0.1) is 0 Å². The maximum Gasteiger partial charge on any atom is 0.416 e. The highest BCUT2D eigenvalue weighted by molar-refractivity contribution is 6.30. The van der Waals surface area contributed by atoms with Crippen LogP contribution < -0.4 is 5.32 Å². The molecule has 0 fully saturated rings. The van der Waals surface area contributed by atoms with E-state index in [0.717, 1.165) is 17.7 Å². The predicted octanol–water partition coefficient (Wildman–Crippen LogP) is 5.99. The van der Waals surface area contributed by atoms with E-state index < -0.39 is 17.8 Å². The smallest absolute Gasteiger partial charge is 0.316 e. The summed E-state index contributed by atoms with van der Waals surface area (Å²) in [4.78, 5) is 18.3. The topological polar surface area (TPSA) is 45.2 Å². The van der Waals surface area contributed by atoms with Gasteiger partial charge in [0, 0.05) is 36.2 Å². The first kappa shape index (κ1) is 20.7. The van der Waals surface area contributed by atoms with Crippen molar-refractivity contribution in [2.24, 2.45) is 0 Å². The van der Waals surface area contributed by atoms with Gasteiger partial charge in [0.25, 0.3) is 0 Å². The SMILES string of the molecule is O=C(Nc1ccc(Cl)cc1)N(Cc1cccnc1)Cc1cccc(C(F)(F)F)c1. The minimum Gasteiger partial charge on any atom is -0.316 e. The van der Waals surface area contributed by atoms with E-state index in [1.807, 2.05) is 0 Å². The first-order valence-corrected chi connectivity index (χ1v) is 9.05. The highest BCUT2D eigenvalue weighted by atomic mass is 35.5. The largest absolute Gasteiger partial charge is 0.416 e. The molecule has 1 heterocycles. The average Bonchev–Trinajstić information content (AvgIpc) is 2.69. The van der Waals surface area contributed by atoms with Crippen molar-refractivity contribution in [2.75, 3.05) is 5.32 Å². The number of alkyl halides is 3. The second-order valence-electron chi connectivity index (χ2n) is 6.35. The van der Waals surface area contributed by atoms with Gasteiger partial charge in [0.2, 0.25) is 0 Å². The number of carbonyl (C=O) groups excluding carboxylic acids is 1. The average molecular weight is 420 g/mol. The fraction of sp³-hybridized carbons (Fsp3) is 0.143. The first-order chi connectivity index (χ1) is 13.8. The van der Waals surface area contributed by atoms with Crippen LogP contribution in [0.5, 0.6) is 0 Å². The molecule has 150 valence electrons. The molecule has 0 aliphatic carbocycles. The summed E-state index contributed by atoms with van der Waals surface area (Å²) >= 11 is 5.86. The van der Waals surface area contributed by atoms with Crippen LogP contribution in [0.1, 0.15) is 16.7 Å². The van der Waals surface area contributed by atoms with Crippen molar-refractivity contribution in [1.29, 1.82) is 0 Å². The molecule has 0 unspecified atom stereocenters. The summed E-state index contributed by atoms with van der Waals surface area (Å²) in [5.74, 6) is 0. The van der Waals surface area contributed by atoms with E-state index >= 15 is 0 Å². The highest BCUT2D eigenvalue weighted by Crippen LogP contribution is 2.30. The van der Waals surface area contributed by atoms with Crippen molar-refractivity contribution in [3.05, 3.63) is 94.8 Å². The molecule has 2 aromatic carbocycles. The summed E-state index contributed by atoms with van der Waals surface area (Å²) in [6.07, 6.45) is -1.24. The second-order valence-corrected chi connectivity index (χ2v) is 6.79. The lowest BCUT2D eigenvalue weighted by Crippen LogP contribution is -2.34. The number of hydrogen-bond donors (Lipinski definition) is 1. The monoisotopic (exact) mass is 419 g/mol. The molecule has 1 N–H and O–H groups in total. The number of carbonyl (C=O) groups is 1. The number of anilines is 1. The van der Waals surface area contributed by atoms with Crippen molar-refractivity contribution in [3.8, 4) is 0 Å². The normalized spacial score (nSPS) is 11.2. The van der Waals surface area contributed by atoms with Gasteiger partial charge >= 0.3 is 12.2 Å². The molecule has 0 bridgehead atoms. The van der Waals surface area contributed by atoms with Crippen LogP contribution >= 0.6 is 11.6 Å². The van der Waals surface area contributed by atoms with Gasteiger partial charge in [0.1, 0.15) is 0 Å². The molecule has 0 radical (unpaired) electrons. The van der Waals surface area contributed by atoms with Gasteiger partial charge in [-0.05, 0) is 53.6 Å². The number of nitrogens with zero attached hydrogens (tertiary/aromatic N) is 2. The van der Waals surface area contributed by atoms with Crippen LogP contribution in [0.4, 0.5) is 23.7 Å². The molecule has 0 atom stereocenters. The van der Waals surface area contributed by atoms with E-state index in [2.05, 4.69) is 10.3 Å². The number of nitrogens with one attached hydrogen (secondary N) is 1. The number of halogens is 4. The molecule has 0 spiro atoms. The van der Waals surface area contributed by atoms with E-state index in [9.17, 15) is 18.0 Å². The Kier molecular flexibility index (Phi) is 6.39. The Morgan fingerprint density at radius 3 is 2.34 bits per heavy atom. The minimum absolute atomic E-state index is 0.00175. The summed E-state index contributed by atoms with van der Waals surface area (Å²) in [5, 5.41) is 3.27. The van der Waals surface area contributed by atoms with Crippen LogP contribution in [0, 0.1) is 0 Å². The molecule has 29 heavy (non-hydrogen) atoms. The fourth-order valence-corrected chi connectivity index (χ4v) is 2.84. The quantitative estimate of drug-likeness (QED) is 0.552. The Hall–Kier alpha value is -3.06. The van der Waals surface area contributed by atoms with Crippen LogP contribution in [-0.2, 0) is 19.3 Å². The Morgan fingerprint density at radius 2 is 1.69 bits per heavy atom. The lowest BCUT2D eigenvalue weighted by molar-refractivity contribution is -0.137. The molecule has 3 rings (SSSR count). The van der Waals surface area contributed by atoms with Gasteiger partial charge in [-0.2, -0.15) is 13.2 Å². The van der Waals surface area contributed by atoms with Crippen molar-refractivity contribution in [3.63, 3.8) is 0 Å². The van der Waals surface area contributed by atoms with Crippen LogP contribution in [0.2, 0.25) is 5.02 Å². The predicted molar refractivity (Wildman–Crippen MR) is 105 cm³/mol. The number of hydrogen-bond acceptors (Lipinski definition) is 2. The maximum absolute atomic E-state index is 13.0. The van der Waals surface area contributed by atoms with Crippen molar-refractivity contribution >= 4 is 23.3 Å². The lowest BCUT2D eigenvalue weighted by atomic mass is 10.1. The molecular weight excluding hydrogens is 403 g/mol. The zero-order valence-electron chi connectivity index (χ0n) is 15.2. The number of pyridine rings is 1. The van der Waals surface area contributed by atoms with E-state index in [1.54, 1.807) is 54.9 Å². The lowest BCUT2D eigenvalue weighted by Gasteiger charge is -2.24.